The van der Waals surface area contributed by atoms with Gasteiger partial charge in [0.15, 0.2) is 0 Å². The fourth-order valence-electron chi connectivity index (χ4n) is 7.10. The lowest BCUT2D eigenvalue weighted by Crippen LogP contribution is -2.60. The topological polar surface area (TPSA) is 533 Å². The number of nitrogens with two attached hydrogens (primary N) is 1. The Morgan fingerprint density at radius 2 is 0.671 bits per heavy atom. The van der Waals surface area contributed by atoms with E-state index >= 15 is 0 Å². The molecule has 0 saturated carbocycles. The van der Waals surface area contributed by atoms with Crippen LogP contribution in [-0.2, 0) is 89.6 Å². The van der Waals surface area contributed by atoms with Crippen molar-refractivity contribution >= 4 is 94.8 Å². The average Bonchev–Trinajstić information content (AvgIpc) is 3.46. The summed E-state index contributed by atoms with van der Waals surface area (Å²) in [4.78, 5) is 201. The molecule has 0 aromatic heterocycles. The van der Waals surface area contributed by atoms with Crippen LogP contribution < -0.4 is 64.2 Å². The molecule has 18 N–H and O–H groups in total. The van der Waals surface area contributed by atoms with Gasteiger partial charge in [0.1, 0.15) is 42.3 Å². The molecule has 0 saturated heterocycles. The first-order valence-electron chi connectivity index (χ1n) is 24.7. The lowest BCUT2D eigenvalue weighted by Gasteiger charge is -2.27. The van der Waals surface area contributed by atoms with Gasteiger partial charge in [-0.2, -0.15) is 0 Å². The van der Waals surface area contributed by atoms with E-state index in [0.29, 0.717) is 11.1 Å². The molecular weight excluding hydrogens is 1090 g/mol. The lowest BCUT2D eigenvalue weighted by atomic mass is 10.0. The van der Waals surface area contributed by atoms with Crippen molar-refractivity contribution in [3.05, 3.63) is 71.8 Å². The van der Waals surface area contributed by atoms with E-state index in [1.54, 1.807) is 67.6 Å². The highest BCUT2D eigenvalue weighted by Crippen LogP contribution is 2.10. The molecule has 0 aliphatic rings. The zero-order chi connectivity index (χ0) is 61.6. The number of hydrogen-bond donors (Lipinski definition) is 17. The van der Waals surface area contributed by atoms with E-state index in [-0.39, 0.29) is 19.4 Å². The molecule has 2 rings (SSSR count). The van der Waals surface area contributed by atoms with Gasteiger partial charge in [0.25, 0.3) is 0 Å². The van der Waals surface area contributed by atoms with Gasteiger partial charge in [0.2, 0.25) is 65.0 Å². The minimum Gasteiger partial charge on any atom is -0.481 e. The SMILES string of the molecule is CCNC(CC(=O)O)C(=O)NC(CC(=O)O)C(=O)NCC(=O)NCC(=O)NCC(=O)NC(CC(=O)O)C(=O)NC(CC(=O)O)C(=O)NC(CC(=O)O)C(=O)NC(Cc1ccccc1)C(=O)NC(Cc1ccccc1)C(=O)NC(C)C(N)=O. The van der Waals surface area contributed by atoms with Crippen LogP contribution in [0.2, 0.25) is 0 Å². The van der Waals surface area contributed by atoms with Crippen molar-refractivity contribution in [1.29, 1.82) is 0 Å². The van der Waals surface area contributed by atoms with Crippen molar-refractivity contribution in [2.45, 2.75) is 107 Å². The maximum Gasteiger partial charge on any atom is 0.305 e. The highest BCUT2D eigenvalue weighted by atomic mass is 16.4. The van der Waals surface area contributed by atoms with Gasteiger partial charge in [-0.1, -0.05) is 67.6 Å². The van der Waals surface area contributed by atoms with E-state index in [4.69, 9.17) is 10.8 Å². The molecule has 2 aromatic carbocycles. The summed E-state index contributed by atoms with van der Waals surface area (Å²) in [5.74, 6) is -20.9. The van der Waals surface area contributed by atoms with Gasteiger partial charge in [-0.05, 0) is 24.6 Å². The number of carboxylic acids is 5. The second-order valence-electron chi connectivity index (χ2n) is 17.8. The first kappa shape index (κ1) is 68.0. The van der Waals surface area contributed by atoms with Crippen molar-refractivity contribution < 1.29 is 102 Å². The van der Waals surface area contributed by atoms with Gasteiger partial charge in [0.05, 0.1) is 57.8 Å². The maximum absolute atomic E-state index is 14.1. The van der Waals surface area contributed by atoms with E-state index in [0.717, 1.165) is 0 Å². The summed E-state index contributed by atoms with van der Waals surface area (Å²) in [6, 6.07) is 2.40. The van der Waals surface area contributed by atoms with Crippen LogP contribution in [-0.4, -0.2) is 195 Å². The van der Waals surface area contributed by atoms with Gasteiger partial charge in [-0.25, -0.2) is 0 Å². The second-order valence-corrected chi connectivity index (χ2v) is 17.8. The molecule has 0 fully saturated rings. The molecule has 0 aliphatic heterocycles. The van der Waals surface area contributed by atoms with Crippen LogP contribution >= 0.6 is 0 Å². The summed E-state index contributed by atoms with van der Waals surface area (Å²) < 4.78 is 0. The molecule has 0 radical (unpaired) electrons. The summed E-state index contributed by atoms with van der Waals surface area (Å²) in [6.07, 6.45) is -5.88. The predicted octanol–water partition coefficient (Wildman–Crippen LogP) is -6.93. The summed E-state index contributed by atoms with van der Waals surface area (Å²) >= 11 is 0. The third kappa shape index (κ3) is 26.5. The van der Waals surface area contributed by atoms with Crippen molar-refractivity contribution in [3.63, 3.8) is 0 Å². The van der Waals surface area contributed by atoms with Crippen molar-refractivity contribution in [1.82, 2.24) is 58.5 Å². The highest BCUT2D eigenvalue weighted by Gasteiger charge is 2.36. The number of primary amides is 1. The van der Waals surface area contributed by atoms with Crippen molar-refractivity contribution in [2.75, 3.05) is 26.2 Å². The van der Waals surface area contributed by atoms with Crippen molar-refractivity contribution in [2.24, 2.45) is 5.73 Å². The Morgan fingerprint density at radius 1 is 0.378 bits per heavy atom. The number of carbonyl (C=O) groups is 16. The molecule has 2 aromatic rings. The van der Waals surface area contributed by atoms with Crippen molar-refractivity contribution in [3.8, 4) is 0 Å². The van der Waals surface area contributed by atoms with Crippen LogP contribution in [0.4, 0.5) is 0 Å². The largest absolute Gasteiger partial charge is 0.481 e. The Morgan fingerprint density at radius 3 is 1.04 bits per heavy atom. The zero-order valence-corrected chi connectivity index (χ0v) is 44.0. The van der Waals surface area contributed by atoms with Crippen LogP contribution in [0.25, 0.3) is 0 Å². The number of aliphatic carboxylic acids is 5. The third-order valence-corrected chi connectivity index (χ3v) is 11.1. The minimum atomic E-state index is -2.22. The second kappa shape index (κ2) is 34.7. The smallest absolute Gasteiger partial charge is 0.305 e. The van der Waals surface area contributed by atoms with Gasteiger partial charge in [0, 0.05) is 12.8 Å². The summed E-state index contributed by atoms with van der Waals surface area (Å²) in [7, 11) is 0. The Labute approximate surface area is 465 Å². The first-order chi connectivity index (χ1) is 38.6. The summed E-state index contributed by atoms with van der Waals surface area (Å²) in [5.41, 5.74) is 6.30. The third-order valence-electron chi connectivity index (χ3n) is 11.1. The number of rotatable bonds is 37. The van der Waals surface area contributed by atoms with Crippen LogP contribution in [0.1, 0.15) is 57.1 Å². The van der Waals surface area contributed by atoms with E-state index in [2.05, 4.69) is 26.6 Å². The standard InChI is InChI=1S/C49H64N12O21/c1-3-51-27(16-37(65)66)44(77)59-30(17-38(67)68)43(76)54-22-35(63)52-21-34(62)53-23-36(64)56-31(18-39(69)70)47(80)60-33(20-41(73)74)49(82)61-32(19-40(71)72)48(81)58-29(15-26-12-8-5-9-13-26)46(79)57-28(14-25-10-6-4-7-11-25)45(78)55-24(2)42(50)75/h4-13,24,27-33,51H,3,14-23H2,1-2H3,(H2,50,75)(H,52,63)(H,53,62)(H,54,76)(H,55,78)(H,56,64)(H,57,79)(H,58,81)(H,59,77)(H,60,80)(H,61,82)(H,65,66)(H,67,68)(H,69,70)(H,71,72)(H,73,74). The molecule has 82 heavy (non-hydrogen) atoms. The minimum absolute atomic E-state index is 0.131. The van der Waals surface area contributed by atoms with Crippen LogP contribution in [0.3, 0.4) is 0 Å². The summed E-state index contributed by atoms with van der Waals surface area (Å²) in [5, 5.41) is 71.1. The molecule has 0 heterocycles. The number of carbonyl (C=O) groups excluding carboxylic acids is 11. The molecule has 8 atom stereocenters. The van der Waals surface area contributed by atoms with Gasteiger partial charge in [-0.15, -0.1) is 0 Å². The van der Waals surface area contributed by atoms with Crippen LogP contribution in [0, 0.1) is 0 Å². The van der Waals surface area contributed by atoms with Gasteiger partial charge >= 0.3 is 29.8 Å². The highest BCUT2D eigenvalue weighted by molar-refractivity contribution is 6.00. The fraction of sp³-hybridized carbons (Fsp3) is 0.429. The Kier molecular flexibility index (Phi) is 28.8. The number of carboxylic acid groups (broad SMARTS) is 5. The van der Waals surface area contributed by atoms with Crippen LogP contribution in [0.15, 0.2) is 60.7 Å². The summed E-state index contributed by atoms with van der Waals surface area (Å²) in [6.45, 7) is 0.200. The molecule has 33 nitrogen and oxygen atoms in total. The molecular formula is C49H64N12O21. The van der Waals surface area contributed by atoms with Gasteiger partial charge < -0.3 is 89.8 Å². The molecule has 33 heteroatoms. The quantitative estimate of drug-likeness (QED) is 0.0299. The van der Waals surface area contributed by atoms with Gasteiger partial charge in [-0.3, -0.25) is 76.7 Å². The fourth-order valence-corrected chi connectivity index (χ4v) is 7.10. The Hall–Kier alpha value is -10.1. The van der Waals surface area contributed by atoms with E-state index in [1.165, 1.54) is 6.92 Å². The number of likely N-dealkylation sites (N-methyl/N-ethyl adjacent to an activating group) is 1. The van der Waals surface area contributed by atoms with Crippen LogP contribution in [0.5, 0.6) is 0 Å². The monoisotopic (exact) mass is 1160 g/mol. The number of hydrogen-bond acceptors (Lipinski definition) is 17. The number of amides is 11. The molecule has 0 bridgehead atoms. The Bertz CT molecular complexity index is 2680. The molecule has 0 aliphatic carbocycles. The molecule has 8 unspecified atom stereocenters. The molecule has 446 valence electrons. The number of nitrogens with one attached hydrogen (secondary N) is 11. The van der Waals surface area contributed by atoms with E-state index in [9.17, 15) is 97.1 Å². The molecule has 11 amide bonds. The van der Waals surface area contributed by atoms with E-state index < -0.39 is 195 Å². The average molecular weight is 1160 g/mol. The number of benzene rings is 2. The maximum atomic E-state index is 14.1. The predicted molar refractivity (Wildman–Crippen MR) is 276 cm³/mol. The normalized spacial score (nSPS) is 13.5. The molecule has 0 spiro atoms. The lowest BCUT2D eigenvalue weighted by molar-refractivity contribution is -0.144. The Balaban J connectivity index is 2.20. The van der Waals surface area contributed by atoms with E-state index in [1.807, 2.05) is 31.9 Å². The zero-order valence-electron chi connectivity index (χ0n) is 44.0. The first-order valence-corrected chi connectivity index (χ1v) is 24.7.